The van der Waals surface area contributed by atoms with Crippen LogP contribution < -0.4 is 0 Å². The van der Waals surface area contributed by atoms with E-state index < -0.39 is 0 Å². The molecule has 2 heteroatoms. The van der Waals surface area contributed by atoms with Gasteiger partial charge in [0.15, 0.2) is 0 Å². The van der Waals surface area contributed by atoms with Crippen molar-refractivity contribution in [2.24, 2.45) is 0 Å². The van der Waals surface area contributed by atoms with E-state index in [1.54, 1.807) is 6.20 Å². The smallest absolute Gasteiger partial charge is 0.0681 e. The fourth-order valence-electron chi connectivity index (χ4n) is 1.45. The molecule has 0 amide bonds. The Bertz CT molecular complexity index is 387. The maximum absolute atomic E-state index is 4.20. The number of aromatic nitrogens is 2. The van der Waals surface area contributed by atoms with Crippen LogP contribution in [-0.4, -0.2) is 9.61 Å². The Kier molecular flexibility index (Phi) is 1.61. The average molecular weight is 160 g/mol. The predicted molar refractivity (Wildman–Crippen MR) is 49.3 cm³/mol. The first-order valence-electron chi connectivity index (χ1n) is 4.21. The quantitative estimate of drug-likeness (QED) is 0.626. The molecule has 2 heterocycles. The highest BCUT2D eigenvalue weighted by atomic mass is 15.2. The Balaban J connectivity index is 2.70. The maximum atomic E-state index is 4.20. The van der Waals surface area contributed by atoms with Crippen LogP contribution in [0.5, 0.6) is 0 Å². The van der Waals surface area contributed by atoms with E-state index in [2.05, 4.69) is 31.1 Å². The topological polar surface area (TPSA) is 17.3 Å². The number of hydrogen-bond acceptors (Lipinski definition) is 1. The first-order chi connectivity index (χ1) is 5.79. The van der Waals surface area contributed by atoms with Gasteiger partial charge in [0.05, 0.1) is 5.52 Å². The average Bonchev–Trinajstić information content (AvgIpc) is 2.47. The van der Waals surface area contributed by atoms with E-state index in [1.165, 1.54) is 11.1 Å². The first kappa shape index (κ1) is 7.35. The van der Waals surface area contributed by atoms with E-state index in [0.717, 1.165) is 0 Å². The summed E-state index contributed by atoms with van der Waals surface area (Å²) in [6, 6.07) is 6.20. The second kappa shape index (κ2) is 2.63. The molecule has 0 spiro atoms. The monoisotopic (exact) mass is 160 g/mol. The van der Waals surface area contributed by atoms with Crippen LogP contribution in [0.3, 0.4) is 0 Å². The van der Waals surface area contributed by atoms with Gasteiger partial charge in [0.1, 0.15) is 0 Å². The number of fused-ring (bicyclic) bond motifs is 1. The molecular weight excluding hydrogens is 148 g/mol. The van der Waals surface area contributed by atoms with E-state index in [4.69, 9.17) is 0 Å². The fraction of sp³-hybridized carbons (Fsp3) is 0.300. The predicted octanol–water partition coefficient (Wildman–Crippen LogP) is 2.46. The van der Waals surface area contributed by atoms with Gasteiger partial charge in [-0.3, -0.25) is 0 Å². The summed E-state index contributed by atoms with van der Waals surface area (Å²) in [6.07, 6.45) is 3.81. The van der Waals surface area contributed by atoms with Gasteiger partial charge < -0.3 is 0 Å². The van der Waals surface area contributed by atoms with Crippen LogP contribution in [0, 0.1) is 0 Å². The van der Waals surface area contributed by atoms with Gasteiger partial charge in [-0.1, -0.05) is 13.8 Å². The second-order valence-electron chi connectivity index (χ2n) is 3.28. The van der Waals surface area contributed by atoms with Gasteiger partial charge in [-0.25, -0.2) is 4.52 Å². The minimum Gasteiger partial charge on any atom is -0.241 e. The molecule has 0 aliphatic carbocycles. The molecule has 0 saturated heterocycles. The summed E-state index contributed by atoms with van der Waals surface area (Å²) in [5, 5.41) is 4.20. The summed E-state index contributed by atoms with van der Waals surface area (Å²) in [5.41, 5.74) is 2.58. The Morgan fingerprint density at radius 3 is 2.92 bits per heavy atom. The summed E-state index contributed by atoms with van der Waals surface area (Å²) >= 11 is 0. The molecule has 0 aliphatic heterocycles. The van der Waals surface area contributed by atoms with Crippen LogP contribution in [0.4, 0.5) is 0 Å². The summed E-state index contributed by atoms with van der Waals surface area (Å²) < 4.78 is 1.91. The van der Waals surface area contributed by atoms with Gasteiger partial charge in [0, 0.05) is 12.4 Å². The molecular formula is C10H12N2. The normalized spacial score (nSPS) is 11.2. The molecule has 2 rings (SSSR count). The minimum absolute atomic E-state index is 0.569. The lowest BCUT2D eigenvalue weighted by Gasteiger charge is -2.01. The fourth-order valence-corrected chi connectivity index (χ4v) is 1.45. The Morgan fingerprint density at radius 2 is 2.17 bits per heavy atom. The number of nitrogens with zero attached hydrogens (tertiary/aromatic N) is 2. The van der Waals surface area contributed by atoms with Crippen molar-refractivity contribution in [1.29, 1.82) is 0 Å². The Morgan fingerprint density at radius 1 is 1.33 bits per heavy atom. The summed E-state index contributed by atoms with van der Waals surface area (Å²) in [6.45, 7) is 4.39. The third-order valence-corrected chi connectivity index (χ3v) is 2.09. The molecule has 0 atom stereocenters. The molecule has 0 fully saturated rings. The zero-order valence-corrected chi connectivity index (χ0v) is 7.36. The Labute approximate surface area is 71.8 Å². The molecule has 0 saturated carbocycles. The van der Waals surface area contributed by atoms with Crippen molar-refractivity contribution in [2.45, 2.75) is 19.8 Å². The zero-order valence-electron chi connectivity index (χ0n) is 7.36. The van der Waals surface area contributed by atoms with E-state index in [0.29, 0.717) is 5.92 Å². The molecule has 2 aromatic rings. The number of hydrogen-bond donors (Lipinski definition) is 0. The van der Waals surface area contributed by atoms with E-state index in [-0.39, 0.29) is 0 Å². The van der Waals surface area contributed by atoms with Crippen LogP contribution in [0.1, 0.15) is 25.3 Å². The molecule has 2 aromatic heterocycles. The second-order valence-corrected chi connectivity index (χ2v) is 3.28. The third-order valence-electron chi connectivity index (χ3n) is 2.09. The SMILES string of the molecule is CC(C)c1ccn2ncccc12. The van der Waals surface area contributed by atoms with Crippen LogP contribution in [0.2, 0.25) is 0 Å². The highest BCUT2D eigenvalue weighted by Gasteiger charge is 2.04. The summed E-state index contributed by atoms with van der Waals surface area (Å²) in [4.78, 5) is 0. The molecule has 0 aliphatic rings. The van der Waals surface area contributed by atoms with Gasteiger partial charge in [-0.05, 0) is 29.7 Å². The highest BCUT2D eigenvalue weighted by molar-refractivity contribution is 5.55. The molecule has 0 radical (unpaired) electrons. The highest BCUT2D eigenvalue weighted by Crippen LogP contribution is 2.19. The van der Waals surface area contributed by atoms with Gasteiger partial charge >= 0.3 is 0 Å². The van der Waals surface area contributed by atoms with Crippen molar-refractivity contribution in [3.05, 3.63) is 36.2 Å². The van der Waals surface area contributed by atoms with E-state index in [9.17, 15) is 0 Å². The summed E-state index contributed by atoms with van der Waals surface area (Å²) in [7, 11) is 0. The molecule has 2 nitrogen and oxygen atoms in total. The third kappa shape index (κ3) is 0.998. The van der Waals surface area contributed by atoms with E-state index >= 15 is 0 Å². The number of rotatable bonds is 1. The lowest BCUT2D eigenvalue weighted by molar-refractivity contribution is 0.869. The van der Waals surface area contributed by atoms with Gasteiger partial charge in [-0.15, -0.1) is 0 Å². The van der Waals surface area contributed by atoms with Crippen LogP contribution in [0.15, 0.2) is 30.6 Å². The van der Waals surface area contributed by atoms with Crippen molar-refractivity contribution < 1.29 is 0 Å². The lowest BCUT2D eigenvalue weighted by Crippen LogP contribution is -1.89. The van der Waals surface area contributed by atoms with Crippen LogP contribution >= 0.6 is 0 Å². The standard InChI is InChI=1S/C10H12N2/c1-8(2)9-5-7-12-10(9)4-3-6-11-12/h3-8H,1-2H3. The molecule has 0 unspecified atom stereocenters. The van der Waals surface area contributed by atoms with E-state index in [1.807, 2.05) is 16.8 Å². The van der Waals surface area contributed by atoms with Crippen LogP contribution in [-0.2, 0) is 0 Å². The van der Waals surface area contributed by atoms with Crippen LogP contribution in [0.25, 0.3) is 5.52 Å². The van der Waals surface area contributed by atoms with Gasteiger partial charge in [-0.2, -0.15) is 5.10 Å². The van der Waals surface area contributed by atoms with Crippen molar-refractivity contribution >= 4 is 5.52 Å². The van der Waals surface area contributed by atoms with Crippen molar-refractivity contribution in [3.8, 4) is 0 Å². The lowest BCUT2D eigenvalue weighted by atomic mass is 10.1. The van der Waals surface area contributed by atoms with Crippen molar-refractivity contribution in [2.75, 3.05) is 0 Å². The Hall–Kier alpha value is -1.31. The molecule has 0 aromatic carbocycles. The van der Waals surface area contributed by atoms with Gasteiger partial charge in [0.25, 0.3) is 0 Å². The molecule has 0 N–H and O–H groups in total. The van der Waals surface area contributed by atoms with Gasteiger partial charge in [0.2, 0.25) is 0 Å². The van der Waals surface area contributed by atoms with Crippen molar-refractivity contribution in [1.82, 2.24) is 9.61 Å². The zero-order chi connectivity index (χ0) is 8.55. The van der Waals surface area contributed by atoms with Crippen molar-refractivity contribution in [3.63, 3.8) is 0 Å². The minimum atomic E-state index is 0.569. The molecule has 0 bridgehead atoms. The molecule has 12 heavy (non-hydrogen) atoms. The summed E-state index contributed by atoms with van der Waals surface area (Å²) in [5.74, 6) is 0.569. The largest absolute Gasteiger partial charge is 0.241 e. The maximum Gasteiger partial charge on any atom is 0.0681 e. The first-order valence-corrected chi connectivity index (χ1v) is 4.21. The molecule has 62 valence electrons.